The van der Waals surface area contributed by atoms with E-state index in [1.165, 1.54) is 6.42 Å². The average molecular weight is 265 g/mol. The van der Waals surface area contributed by atoms with Crippen molar-refractivity contribution in [3.63, 3.8) is 0 Å². The molecule has 1 saturated carbocycles. The summed E-state index contributed by atoms with van der Waals surface area (Å²) >= 11 is 0. The third-order valence-corrected chi connectivity index (χ3v) is 3.70. The Morgan fingerprint density at radius 2 is 2.11 bits per heavy atom. The van der Waals surface area contributed by atoms with Crippen LogP contribution in [0.4, 0.5) is 5.69 Å². The summed E-state index contributed by atoms with van der Waals surface area (Å²) in [5.74, 6) is 1.000. The molecule has 2 rings (SSSR count). The van der Waals surface area contributed by atoms with Crippen LogP contribution >= 0.6 is 0 Å². The molecular formula is C14H23N3O2. The summed E-state index contributed by atoms with van der Waals surface area (Å²) < 4.78 is 0. The number of rotatable bonds is 6. The number of aliphatic hydroxyl groups excluding tert-OH is 2. The molecule has 1 aromatic heterocycles. The zero-order valence-corrected chi connectivity index (χ0v) is 11.7. The maximum atomic E-state index is 9.53. The van der Waals surface area contributed by atoms with Crippen molar-refractivity contribution in [2.75, 3.05) is 18.1 Å². The van der Waals surface area contributed by atoms with E-state index in [9.17, 15) is 10.2 Å². The predicted molar refractivity (Wildman–Crippen MR) is 74.1 cm³/mol. The van der Waals surface area contributed by atoms with E-state index in [0.29, 0.717) is 18.3 Å². The SMILES string of the molecule is CC(C)c1ncc(N(CCO)C2CCC2)c(CO)n1. The van der Waals surface area contributed by atoms with Crippen molar-refractivity contribution in [2.45, 2.75) is 51.7 Å². The second-order valence-corrected chi connectivity index (χ2v) is 5.37. The Labute approximate surface area is 114 Å². The third-order valence-electron chi connectivity index (χ3n) is 3.70. The molecule has 5 nitrogen and oxygen atoms in total. The fourth-order valence-electron chi connectivity index (χ4n) is 2.37. The van der Waals surface area contributed by atoms with Crippen molar-refractivity contribution in [1.82, 2.24) is 9.97 Å². The second-order valence-electron chi connectivity index (χ2n) is 5.37. The summed E-state index contributed by atoms with van der Waals surface area (Å²) in [5, 5.41) is 18.8. The van der Waals surface area contributed by atoms with Crippen LogP contribution in [0.25, 0.3) is 0 Å². The first-order valence-corrected chi connectivity index (χ1v) is 7.01. The van der Waals surface area contributed by atoms with Gasteiger partial charge in [-0.3, -0.25) is 0 Å². The first-order valence-electron chi connectivity index (χ1n) is 7.01. The summed E-state index contributed by atoms with van der Waals surface area (Å²) in [6, 6.07) is 0.450. The minimum Gasteiger partial charge on any atom is -0.395 e. The molecule has 0 unspecified atom stereocenters. The highest BCUT2D eigenvalue weighted by Gasteiger charge is 2.27. The van der Waals surface area contributed by atoms with Crippen LogP contribution in [-0.4, -0.2) is 39.4 Å². The molecular weight excluding hydrogens is 242 g/mol. The lowest BCUT2D eigenvalue weighted by atomic mass is 9.91. The molecule has 1 heterocycles. The molecule has 5 heteroatoms. The number of hydrogen-bond donors (Lipinski definition) is 2. The van der Waals surface area contributed by atoms with Crippen molar-refractivity contribution in [3.05, 3.63) is 17.7 Å². The molecule has 0 atom stereocenters. The van der Waals surface area contributed by atoms with E-state index < -0.39 is 0 Å². The maximum absolute atomic E-state index is 9.53. The highest BCUT2D eigenvalue weighted by molar-refractivity contribution is 5.50. The van der Waals surface area contributed by atoms with E-state index in [4.69, 9.17) is 0 Å². The van der Waals surface area contributed by atoms with Gasteiger partial charge in [-0.15, -0.1) is 0 Å². The fourth-order valence-corrected chi connectivity index (χ4v) is 2.37. The molecule has 1 aliphatic rings. The number of aliphatic hydroxyl groups is 2. The van der Waals surface area contributed by atoms with Gasteiger partial charge < -0.3 is 15.1 Å². The average Bonchev–Trinajstić information content (AvgIpc) is 2.35. The molecule has 0 aromatic carbocycles. The third kappa shape index (κ3) is 3.04. The second kappa shape index (κ2) is 6.30. The zero-order valence-electron chi connectivity index (χ0n) is 11.7. The summed E-state index contributed by atoms with van der Waals surface area (Å²) in [6.45, 7) is 4.66. The summed E-state index contributed by atoms with van der Waals surface area (Å²) in [7, 11) is 0. The Balaban J connectivity index is 2.29. The van der Waals surface area contributed by atoms with Gasteiger partial charge in [0.1, 0.15) is 5.82 Å². The lowest BCUT2D eigenvalue weighted by Gasteiger charge is -2.39. The Hall–Kier alpha value is -1.20. The van der Waals surface area contributed by atoms with E-state index in [-0.39, 0.29) is 19.1 Å². The molecule has 1 aliphatic carbocycles. The number of anilines is 1. The standard InChI is InChI=1S/C14H23N3O2/c1-10(2)14-15-8-13(12(9-19)16-14)17(6-7-18)11-4-3-5-11/h8,10-11,18-19H,3-7,9H2,1-2H3. The number of nitrogens with zero attached hydrogens (tertiary/aromatic N) is 3. The van der Waals surface area contributed by atoms with Crippen LogP contribution < -0.4 is 4.90 Å². The highest BCUT2D eigenvalue weighted by atomic mass is 16.3. The molecule has 1 aromatic rings. The van der Waals surface area contributed by atoms with Crippen LogP contribution in [0.2, 0.25) is 0 Å². The van der Waals surface area contributed by atoms with Gasteiger partial charge in [0.15, 0.2) is 0 Å². The molecule has 0 aliphatic heterocycles. The number of aromatic nitrogens is 2. The molecule has 2 N–H and O–H groups in total. The minimum atomic E-state index is -0.0910. The topological polar surface area (TPSA) is 69.5 Å². The van der Waals surface area contributed by atoms with Crippen LogP contribution in [0.3, 0.4) is 0 Å². The smallest absolute Gasteiger partial charge is 0.131 e. The van der Waals surface area contributed by atoms with Gasteiger partial charge in [0.25, 0.3) is 0 Å². The van der Waals surface area contributed by atoms with Crippen LogP contribution in [0.1, 0.15) is 50.5 Å². The Morgan fingerprint density at radius 1 is 1.37 bits per heavy atom. The summed E-state index contributed by atoms with van der Waals surface area (Å²) in [5.41, 5.74) is 1.53. The first-order chi connectivity index (χ1) is 9.17. The van der Waals surface area contributed by atoms with Gasteiger partial charge in [0.05, 0.1) is 30.8 Å². The van der Waals surface area contributed by atoms with Crippen molar-refractivity contribution >= 4 is 5.69 Å². The number of hydrogen-bond acceptors (Lipinski definition) is 5. The van der Waals surface area contributed by atoms with Gasteiger partial charge in [-0.25, -0.2) is 9.97 Å². The van der Waals surface area contributed by atoms with Crippen LogP contribution in [0.5, 0.6) is 0 Å². The molecule has 0 spiro atoms. The van der Waals surface area contributed by atoms with Gasteiger partial charge in [0, 0.05) is 18.5 Å². The lowest BCUT2D eigenvalue weighted by molar-refractivity contribution is 0.270. The van der Waals surface area contributed by atoms with E-state index in [1.807, 2.05) is 13.8 Å². The van der Waals surface area contributed by atoms with E-state index >= 15 is 0 Å². The van der Waals surface area contributed by atoms with Crippen LogP contribution in [-0.2, 0) is 6.61 Å². The Bertz CT molecular complexity index is 419. The van der Waals surface area contributed by atoms with Crippen molar-refractivity contribution < 1.29 is 10.2 Å². The molecule has 0 radical (unpaired) electrons. The van der Waals surface area contributed by atoms with E-state index in [2.05, 4.69) is 14.9 Å². The largest absolute Gasteiger partial charge is 0.395 e. The van der Waals surface area contributed by atoms with E-state index in [0.717, 1.165) is 24.4 Å². The van der Waals surface area contributed by atoms with Crippen molar-refractivity contribution in [2.24, 2.45) is 0 Å². The fraction of sp³-hybridized carbons (Fsp3) is 0.714. The molecule has 106 valence electrons. The van der Waals surface area contributed by atoms with Crippen LogP contribution in [0.15, 0.2) is 6.20 Å². The Morgan fingerprint density at radius 3 is 2.58 bits per heavy atom. The van der Waals surface area contributed by atoms with Gasteiger partial charge in [0.2, 0.25) is 0 Å². The first kappa shape index (κ1) is 14.2. The van der Waals surface area contributed by atoms with Gasteiger partial charge in [-0.1, -0.05) is 13.8 Å². The van der Waals surface area contributed by atoms with E-state index in [1.54, 1.807) is 6.20 Å². The molecule has 19 heavy (non-hydrogen) atoms. The highest BCUT2D eigenvalue weighted by Crippen LogP contribution is 2.31. The molecule has 1 fully saturated rings. The lowest BCUT2D eigenvalue weighted by Crippen LogP contribution is -2.42. The maximum Gasteiger partial charge on any atom is 0.131 e. The quantitative estimate of drug-likeness (QED) is 0.814. The van der Waals surface area contributed by atoms with Gasteiger partial charge >= 0.3 is 0 Å². The summed E-state index contributed by atoms with van der Waals surface area (Å²) in [6.07, 6.45) is 5.29. The predicted octanol–water partition coefficient (Wildman–Crippen LogP) is 1.44. The zero-order chi connectivity index (χ0) is 13.8. The normalized spacial score (nSPS) is 15.6. The molecule has 0 saturated heterocycles. The monoisotopic (exact) mass is 265 g/mol. The van der Waals surface area contributed by atoms with Crippen LogP contribution in [0, 0.1) is 0 Å². The molecule has 0 amide bonds. The van der Waals surface area contributed by atoms with Gasteiger partial charge in [-0.2, -0.15) is 0 Å². The Kier molecular flexibility index (Phi) is 4.71. The summed E-state index contributed by atoms with van der Waals surface area (Å²) in [4.78, 5) is 11.0. The molecule has 0 bridgehead atoms. The van der Waals surface area contributed by atoms with Gasteiger partial charge in [-0.05, 0) is 19.3 Å². The van der Waals surface area contributed by atoms with Crippen molar-refractivity contribution in [1.29, 1.82) is 0 Å². The van der Waals surface area contributed by atoms with Crippen molar-refractivity contribution in [3.8, 4) is 0 Å². The minimum absolute atomic E-state index is 0.0910.